The van der Waals surface area contributed by atoms with Crippen molar-refractivity contribution >= 4 is 17.5 Å². The smallest absolute Gasteiger partial charge is 0.336 e. The first kappa shape index (κ1) is 28.2. The molecule has 39 heavy (non-hydrogen) atoms. The summed E-state index contributed by atoms with van der Waals surface area (Å²) in [5.74, 6) is 0.824. The highest BCUT2D eigenvalue weighted by Gasteiger charge is 2.46. The zero-order chi connectivity index (χ0) is 28.1. The van der Waals surface area contributed by atoms with Gasteiger partial charge in [0.15, 0.2) is 23.0 Å². The van der Waals surface area contributed by atoms with Crippen LogP contribution in [-0.2, 0) is 14.3 Å². The third kappa shape index (κ3) is 5.65. The van der Waals surface area contributed by atoms with Gasteiger partial charge < -0.3 is 23.7 Å². The van der Waals surface area contributed by atoms with E-state index >= 15 is 0 Å². The van der Waals surface area contributed by atoms with Crippen molar-refractivity contribution < 1.29 is 33.3 Å². The minimum Gasteiger partial charge on any atom is -0.493 e. The summed E-state index contributed by atoms with van der Waals surface area (Å²) in [5, 5.41) is 0. The molecule has 1 aliphatic heterocycles. The van der Waals surface area contributed by atoms with Crippen LogP contribution >= 0.6 is 0 Å². The van der Waals surface area contributed by atoms with Crippen LogP contribution in [0.2, 0.25) is 0 Å². The molecule has 0 bridgehead atoms. The van der Waals surface area contributed by atoms with Gasteiger partial charge in [0.1, 0.15) is 5.78 Å². The van der Waals surface area contributed by atoms with Gasteiger partial charge in [-0.15, -0.1) is 0 Å². The van der Waals surface area contributed by atoms with Gasteiger partial charge in [-0.3, -0.25) is 9.79 Å². The topological polar surface area (TPSA) is 92.7 Å². The van der Waals surface area contributed by atoms with E-state index in [2.05, 4.69) is 0 Å². The van der Waals surface area contributed by atoms with Gasteiger partial charge in [0.05, 0.1) is 46.0 Å². The van der Waals surface area contributed by atoms with Crippen LogP contribution in [-0.4, -0.2) is 52.0 Å². The Balaban J connectivity index is 1.77. The van der Waals surface area contributed by atoms with Gasteiger partial charge in [0, 0.05) is 23.7 Å². The Morgan fingerprint density at radius 1 is 0.872 bits per heavy atom. The van der Waals surface area contributed by atoms with E-state index < -0.39 is 17.8 Å². The molecule has 0 spiro atoms. The summed E-state index contributed by atoms with van der Waals surface area (Å²) in [7, 11) is 4.77. The molecule has 1 saturated carbocycles. The number of esters is 1. The van der Waals surface area contributed by atoms with Gasteiger partial charge in [-0.05, 0) is 68.0 Å². The second kappa shape index (κ2) is 12.4. The van der Waals surface area contributed by atoms with Crippen LogP contribution in [0, 0.1) is 5.92 Å². The largest absolute Gasteiger partial charge is 0.493 e. The van der Waals surface area contributed by atoms with Gasteiger partial charge in [0.25, 0.3) is 0 Å². The van der Waals surface area contributed by atoms with E-state index in [1.54, 1.807) is 28.3 Å². The summed E-state index contributed by atoms with van der Waals surface area (Å²) >= 11 is 0. The summed E-state index contributed by atoms with van der Waals surface area (Å²) in [6.45, 7) is 6.40. The van der Waals surface area contributed by atoms with Crippen molar-refractivity contribution in [1.29, 1.82) is 0 Å². The standard InChI is InChI=1S/C31H37NO7/c1-7-13-39-25-12-10-20(17-27(25)37-6)29-28(31(34)38-8-2)18(3)32-22-14-21(15-23(33)30(22)29)19-9-11-24(35-4)26(16-19)36-5/h9-12,16-17,21,29-30H,7-8,13-15H2,1-6H3/t21-,29-,30?/m1/s1. The summed E-state index contributed by atoms with van der Waals surface area (Å²) in [6, 6.07) is 11.3. The minimum atomic E-state index is -0.573. The average molecular weight is 536 g/mol. The molecule has 8 nitrogen and oxygen atoms in total. The maximum atomic E-state index is 13.9. The maximum absolute atomic E-state index is 13.9. The van der Waals surface area contributed by atoms with Crippen LogP contribution in [0.3, 0.4) is 0 Å². The number of Topliss-reactive ketones (excluding diaryl/α,β-unsaturated/α-hetero) is 1. The second-order valence-electron chi connectivity index (χ2n) is 9.72. The molecule has 0 saturated heterocycles. The van der Waals surface area contributed by atoms with Crippen molar-refractivity contribution in [2.24, 2.45) is 10.9 Å². The van der Waals surface area contributed by atoms with E-state index in [9.17, 15) is 9.59 Å². The SMILES string of the molecule is CCCOc1ccc([C@@H]2C(C(=O)OCC)=C(C)N=C3C[C@@H](c4ccc(OC)c(OC)c4)CC(=O)C32)cc1OC. The predicted octanol–water partition coefficient (Wildman–Crippen LogP) is 5.64. The Hall–Kier alpha value is -3.81. The first-order valence-electron chi connectivity index (χ1n) is 13.4. The van der Waals surface area contributed by atoms with Crippen LogP contribution in [0.15, 0.2) is 52.7 Å². The fourth-order valence-electron chi connectivity index (χ4n) is 5.56. The number of benzene rings is 2. The lowest BCUT2D eigenvalue weighted by Crippen LogP contribution is -2.41. The molecule has 0 aromatic heterocycles. The number of carbonyl (C=O) groups excluding carboxylic acids is 2. The Labute approximate surface area is 230 Å². The summed E-state index contributed by atoms with van der Waals surface area (Å²) in [6.07, 6.45) is 1.77. The third-order valence-corrected chi connectivity index (χ3v) is 7.34. The first-order chi connectivity index (χ1) is 18.9. The Morgan fingerprint density at radius 2 is 1.51 bits per heavy atom. The lowest BCUT2D eigenvalue weighted by molar-refractivity contribution is -0.139. The Bertz CT molecular complexity index is 1300. The number of ether oxygens (including phenoxy) is 5. The molecule has 1 heterocycles. The molecule has 4 rings (SSSR count). The van der Waals surface area contributed by atoms with Crippen LogP contribution in [0.1, 0.15) is 63.0 Å². The number of ketones is 1. The molecule has 0 amide bonds. The molecule has 208 valence electrons. The highest BCUT2D eigenvalue weighted by atomic mass is 16.5. The van der Waals surface area contributed by atoms with Crippen molar-refractivity contribution in [2.75, 3.05) is 34.5 Å². The summed E-state index contributed by atoms with van der Waals surface area (Å²) in [5.41, 5.74) is 3.51. The van der Waals surface area contributed by atoms with Crippen molar-refractivity contribution in [2.45, 2.75) is 51.9 Å². The molecule has 0 radical (unpaired) electrons. The van der Waals surface area contributed by atoms with Gasteiger partial charge in [0.2, 0.25) is 0 Å². The van der Waals surface area contributed by atoms with Crippen LogP contribution in [0.25, 0.3) is 0 Å². The molecule has 0 N–H and O–H groups in total. The van der Waals surface area contributed by atoms with Gasteiger partial charge in [-0.2, -0.15) is 0 Å². The molecular formula is C31H37NO7. The van der Waals surface area contributed by atoms with E-state index in [0.717, 1.165) is 23.3 Å². The fourth-order valence-corrected chi connectivity index (χ4v) is 5.56. The molecule has 1 aliphatic carbocycles. The normalized spacial score (nSPS) is 20.6. The molecule has 1 unspecified atom stereocenters. The van der Waals surface area contributed by atoms with Gasteiger partial charge in [-0.25, -0.2) is 4.79 Å². The van der Waals surface area contributed by atoms with Gasteiger partial charge in [-0.1, -0.05) is 19.1 Å². The maximum Gasteiger partial charge on any atom is 0.336 e. The van der Waals surface area contributed by atoms with Crippen molar-refractivity contribution in [1.82, 2.24) is 0 Å². The van der Waals surface area contributed by atoms with Crippen LogP contribution < -0.4 is 18.9 Å². The summed E-state index contributed by atoms with van der Waals surface area (Å²) < 4.78 is 27.8. The monoisotopic (exact) mass is 535 g/mol. The zero-order valence-electron chi connectivity index (χ0n) is 23.5. The van der Waals surface area contributed by atoms with E-state index in [0.29, 0.717) is 53.7 Å². The molecule has 1 fully saturated rings. The Morgan fingerprint density at radius 3 is 2.18 bits per heavy atom. The number of rotatable bonds is 10. The van der Waals surface area contributed by atoms with Crippen molar-refractivity contribution in [3.05, 3.63) is 58.8 Å². The van der Waals surface area contributed by atoms with Crippen molar-refractivity contribution in [3.63, 3.8) is 0 Å². The number of hydrogen-bond donors (Lipinski definition) is 0. The zero-order valence-corrected chi connectivity index (χ0v) is 23.5. The van der Waals surface area contributed by atoms with Crippen molar-refractivity contribution in [3.8, 4) is 23.0 Å². The van der Waals surface area contributed by atoms with Crippen LogP contribution in [0.5, 0.6) is 23.0 Å². The second-order valence-corrected chi connectivity index (χ2v) is 9.72. The van der Waals surface area contributed by atoms with E-state index in [4.69, 9.17) is 28.7 Å². The number of carbonyl (C=O) groups is 2. The average Bonchev–Trinajstić information content (AvgIpc) is 2.94. The lowest BCUT2D eigenvalue weighted by atomic mass is 9.66. The predicted molar refractivity (Wildman–Crippen MR) is 148 cm³/mol. The molecule has 8 heteroatoms. The van der Waals surface area contributed by atoms with E-state index in [1.165, 1.54) is 0 Å². The fraction of sp³-hybridized carbons (Fsp3) is 0.452. The van der Waals surface area contributed by atoms with E-state index in [-0.39, 0.29) is 18.3 Å². The quantitative estimate of drug-likeness (QED) is 0.364. The summed E-state index contributed by atoms with van der Waals surface area (Å²) in [4.78, 5) is 31.9. The highest BCUT2D eigenvalue weighted by Crippen LogP contribution is 2.48. The third-order valence-electron chi connectivity index (χ3n) is 7.34. The number of nitrogens with zero attached hydrogens (tertiary/aromatic N) is 1. The number of hydrogen-bond acceptors (Lipinski definition) is 8. The Kier molecular flexibility index (Phi) is 8.94. The first-order valence-corrected chi connectivity index (χ1v) is 13.4. The van der Waals surface area contributed by atoms with E-state index in [1.807, 2.05) is 50.2 Å². The number of methoxy groups -OCH3 is 3. The van der Waals surface area contributed by atoms with Crippen LogP contribution in [0.4, 0.5) is 0 Å². The molecular weight excluding hydrogens is 498 g/mol. The number of fused-ring (bicyclic) bond motifs is 1. The molecule has 2 aliphatic rings. The number of allylic oxidation sites excluding steroid dienone is 1. The molecule has 3 atom stereocenters. The lowest BCUT2D eigenvalue weighted by Gasteiger charge is -2.38. The molecule has 2 aromatic carbocycles. The minimum absolute atomic E-state index is 0.0318. The number of aliphatic imine (C=N–C) groups is 1. The molecule has 2 aromatic rings. The highest BCUT2D eigenvalue weighted by molar-refractivity contribution is 6.12. The van der Waals surface area contributed by atoms with Gasteiger partial charge >= 0.3 is 5.97 Å².